The molecule has 124 valence electrons. The van der Waals surface area contributed by atoms with Gasteiger partial charge in [-0.1, -0.05) is 24.2 Å². The van der Waals surface area contributed by atoms with E-state index in [0.29, 0.717) is 0 Å². The van der Waals surface area contributed by atoms with Crippen LogP contribution < -0.4 is 4.74 Å². The first-order chi connectivity index (χ1) is 11.1. The van der Waals surface area contributed by atoms with Gasteiger partial charge in [0.1, 0.15) is 24.2 Å². The van der Waals surface area contributed by atoms with Gasteiger partial charge in [-0.05, 0) is 17.7 Å². The van der Waals surface area contributed by atoms with E-state index < -0.39 is 30.8 Å². The summed E-state index contributed by atoms with van der Waals surface area (Å²) < 4.78 is 22.4. The molecular weight excluding hydrogens is 302 g/mol. The normalized spacial score (nSPS) is 36.7. The number of hydrogen-bond acceptors (Lipinski definition) is 6. The third kappa shape index (κ3) is 3.12. The van der Waals surface area contributed by atoms with Crippen molar-refractivity contribution in [3.8, 4) is 5.75 Å². The number of nitrogens with zero attached hydrogens (tertiary/aromatic N) is 3. The molecule has 8 nitrogen and oxygen atoms in total. The van der Waals surface area contributed by atoms with Crippen LogP contribution in [0.2, 0.25) is 0 Å². The van der Waals surface area contributed by atoms with Gasteiger partial charge in [-0.2, -0.15) is 0 Å². The van der Waals surface area contributed by atoms with Gasteiger partial charge in [-0.15, -0.1) is 0 Å². The molecule has 0 saturated carbocycles. The van der Waals surface area contributed by atoms with E-state index in [-0.39, 0.29) is 12.5 Å². The van der Waals surface area contributed by atoms with Crippen molar-refractivity contribution in [3.05, 3.63) is 40.3 Å². The highest BCUT2D eigenvalue weighted by atomic mass is 16.7. The number of azide groups is 1. The highest BCUT2D eigenvalue weighted by Crippen LogP contribution is 2.36. The number of methoxy groups -OCH3 is 1. The Morgan fingerprint density at radius 1 is 1.30 bits per heavy atom. The Bertz CT molecular complexity index is 587. The van der Waals surface area contributed by atoms with Crippen LogP contribution in [0.3, 0.4) is 0 Å². The summed E-state index contributed by atoms with van der Waals surface area (Å²) >= 11 is 0. The number of ether oxygens (including phenoxy) is 4. The summed E-state index contributed by atoms with van der Waals surface area (Å²) in [5.74, 6) is 0.385. The first kappa shape index (κ1) is 16.0. The highest BCUT2D eigenvalue weighted by Gasteiger charge is 2.47. The Balaban J connectivity index is 1.73. The number of rotatable bonds is 3. The quantitative estimate of drug-likeness (QED) is 0.521. The fraction of sp³-hybridized carbons (Fsp3) is 0.600. The van der Waals surface area contributed by atoms with Gasteiger partial charge in [0, 0.05) is 16.4 Å². The van der Waals surface area contributed by atoms with Crippen molar-refractivity contribution in [3.63, 3.8) is 0 Å². The maximum atomic E-state index is 10.5. The van der Waals surface area contributed by atoms with Crippen LogP contribution in [0.4, 0.5) is 0 Å². The van der Waals surface area contributed by atoms with Crippen molar-refractivity contribution in [2.24, 2.45) is 11.0 Å². The Kier molecular flexibility index (Phi) is 4.70. The summed E-state index contributed by atoms with van der Waals surface area (Å²) in [5.41, 5.74) is 9.41. The minimum Gasteiger partial charge on any atom is -0.497 e. The van der Waals surface area contributed by atoms with Crippen LogP contribution >= 0.6 is 0 Å². The fourth-order valence-corrected chi connectivity index (χ4v) is 2.85. The minimum atomic E-state index is -0.797. The number of fused-ring (bicyclic) bond motifs is 1. The van der Waals surface area contributed by atoms with Crippen LogP contribution in [0.15, 0.2) is 29.4 Å². The Morgan fingerprint density at radius 3 is 2.70 bits per heavy atom. The zero-order valence-electron chi connectivity index (χ0n) is 12.9. The molecule has 0 aromatic heterocycles. The summed E-state index contributed by atoms with van der Waals surface area (Å²) in [5, 5.41) is 14.0. The van der Waals surface area contributed by atoms with Gasteiger partial charge >= 0.3 is 0 Å². The van der Waals surface area contributed by atoms with E-state index in [1.54, 1.807) is 14.0 Å². The topological polar surface area (TPSA) is 106 Å². The van der Waals surface area contributed by atoms with E-state index in [1.807, 2.05) is 24.3 Å². The van der Waals surface area contributed by atoms with Crippen molar-refractivity contribution >= 4 is 0 Å². The predicted octanol–water partition coefficient (Wildman–Crippen LogP) is 2.14. The summed E-state index contributed by atoms with van der Waals surface area (Å²) in [4.78, 5) is 2.76. The van der Waals surface area contributed by atoms with Crippen LogP contribution in [0.5, 0.6) is 5.75 Å². The molecule has 23 heavy (non-hydrogen) atoms. The third-order valence-corrected chi connectivity index (χ3v) is 4.25. The largest absolute Gasteiger partial charge is 0.497 e. The second kappa shape index (κ2) is 6.74. The van der Waals surface area contributed by atoms with Gasteiger partial charge in [-0.3, -0.25) is 0 Å². The molecule has 1 N–H and O–H groups in total. The standard InChI is InChI=1S/C15H19N3O5/c1-8-12(19)13-11(22-14(8)17-18-16)7-21-15(23-13)9-3-5-10(20-2)6-4-9/h3-6,8,11-15,19H,7H2,1-2H3/t8?,11?,12-,13-,14-,15?/m1/s1. The molecule has 0 spiro atoms. The number of benzene rings is 1. The van der Waals surface area contributed by atoms with Crippen molar-refractivity contribution < 1.29 is 24.1 Å². The van der Waals surface area contributed by atoms with Crippen LogP contribution in [-0.2, 0) is 14.2 Å². The lowest BCUT2D eigenvalue weighted by molar-refractivity contribution is -0.319. The average molecular weight is 321 g/mol. The summed E-state index contributed by atoms with van der Waals surface area (Å²) in [6.07, 6.45) is -3.10. The summed E-state index contributed by atoms with van der Waals surface area (Å²) in [6, 6.07) is 7.35. The molecule has 0 bridgehead atoms. The SMILES string of the molecule is COc1ccc(C2OCC3O[C@@H](N=[N+]=[N-])C(C)[C@@H](O)[C@@H]3O2)cc1. The molecular formula is C15H19N3O5. The van der Waals surface area contributed by atoms with Crippen LogP contribution in [0.1, 0.15) is 18.8 Å². The van der Waals surface area contributed by atoms with Crippen LogP contribution in [0, 0.1) is 5.92 Å². The molecule has 2 fully saturated rings. The molecule has 1 aromatic rings. The number of aliphatic hydroxyl groups is 1. The van der Waals surface area contributed by atoms with Crippen LogP contribution in [-0.4, -0.2) is 43.4 Å². The van der Waals surface area contributed by atoms with Gasteiger partial charge in [0.25, 0.3) is 0 Å². The molecule has 2 aliphatic rings. The lowest BCUT2D eigenvalue weighted by atomic mass is 9.91. The Morgan fingerprint density at radius 2 is 2.04 bits per heavy atom. The second-order valence-corrected chi connectivity index (χ2v) is 5.66. The molecule has 8 heteroatoms. The maximum absolute atomic E-state index is 10.5. The van der Waals surface area contributed by atoms with Gasteiger partial charge < -0.3 is 24.1 Å². The first-order valence-corrected chi connectivity index (χ1v) is 7.42. The van der Waals surface area contributed by atoms with E-state index >= 15 is 0 Å². The zero-order chi connectivity index (χ0) is 16.4. The summed E-state index contributed by atoms with van der Waals surface area (Å²) in [7, 11) is 1.60. The third-order valence-electron chi connectivity index (χ3n) is 4.25. The molecule has 2 heterocycles. The van der Waals surface area contributed by atoms with E-state index in [9.17, 15) is 5.11 Å². The molecule has 0 radical (unpaired) electrons. The van der Waals surface area contributed by atoms with E-state index in [4.69, 9.17) is 24.5 Å². The van der Waals surface area contributed by atoms with Crippen molar-refractivity contribution in [1.82, 2.24) is 0 Å². The monoisotopic (exact) mass is 321 g/mol. The number of aliphatic hydroxyl groups excluding tert-OH is 1. The van der Waals surface area contributed by atoms with Crippen LogP contribution in [0.25, 0.3) is 10.4 Å². The van der Waals surface area contributed by atoms with Gasteiger partial charge in [-0.25, -0.2) is 0 Å². The fourth-order valence-electron chi connectivity index (χ4n) is 2.85. The van der Waals surface area contributed by atoms with Gasteiger partial charge in [0.05, 0.1) is 19.8 Å². The second-order valence-electron chi connectivity index (χ2n) is 5.66. The molecule has 1 aromatic carbocycles. The van der Waals surface area contributed by atoms with E-state index in [1.165, 1.54) is 0 Å². The molecule has 3 rings (SSSR count). The van der Waals surface area contributed by atoms with Crippen molar-refractivity contribution in [2.45, 2.75) is 37.8 Å². The maximum Gasteiger partial charge on any atom is 0.184 e. The van der Waals surface area contributed by atoms with Crippen molar-refractivity contribution in [2.75, 3.05) is 13.7 Å². The highest BCUT2D eigenvalue weighted by molar-refractivity contribution is 5.28. The minimum absolute atomic E-state index is 0.253. The predicted molar refractivity (Wildman–Crippen MR) is 79.5 cm³/mol. The molecule has 2 aliphatic heterocycles. The Labute approximate surface area is 133 Å². The first-order valence-electron chi connectivity index (χ1n) is 7.42. The summed E-state index contributed by atoms with van der Waals surface area (Å²) in [6.45, 7) is 2.02. The molecule has 6 atom stereocenters. The van der Waals surface area contributed by atoms with Gasteiger partial charge in [0.15, 0.2) is 6.29 Å². The lowest BCUT2D eigenvalue weighted by Crippen LogP contribution is -2.58. The lowest BCUT2D eigenvalue weighted by Gasteiger charge is -2.46. The molecule has 3 unspecified atom stereocenters. The van der Waals surface area contributed by atoms with Gasteiger partial charge in [0.2, 0.25) is 0 Å². The Hall–Kier alpha value is -1.83. The number of hydrogen-bond donors (Lipinski definition) is 1. The van der Waals surface area contributed by atoms with E-state index in [2.05, 4.69) is 10.0 Å². The average Bonchev–Trinajstić information content (AvgIpc) is 2.59. The smallest absolute Gasteiger partial charge is 0.184 e. The van der Waals surface area contributed by atoms with Crippen molar-refractivity contribution in [1.29, 1.82) is 0 Å². The molecule has 0 aliphatic carbocycles. The zero-order valence-corrected chi connectivity index (χ0v) is 12.9. The molecule has 2 saturated heterocycles. The molecule has 0 amide bonds. The van der Waals surface area contributed by atoms with E-state index in [0.717, 1.165) is 11.3 Å².